The third kappa shape index (κ3) is 6.58. The van der Waals surface area contributed by atoms with Crippen LogP contribution in [0.2, 0.25) is 0 Å². The molecule has 0 aliphatic rings. The summed E-state index contributed by atoms with van der Waals surface area (Å²) in [6, 6.07) is 6.49. The Hall–Kier alpha value is -2.08. The van der Waals surface area contributed by atoms with Gasteiger partial charge in [-0.25, -0.2) is 4.79 Å². The topological polar surface area (TPSA) is 110 Å². The molecule has 0 aromatic heterocycles. The van der Waals surface area contributed by atoms with E-state index in [2.05, 4.69) is 36.6 Å². The summed E-state index contributed by atoms with van der Waals surface area (Å²) in [6.45, 7) is 6.60. The van der Waals surface area contributed by atoms with Gasteiger partial charge in [-0.05, 0) is 23.5 Å². The number of rotatable bonds is 9. The molecular formula is C18H30N4O2. The number of nitrogens with two attached hydrogens (primary N) is 2. The van der Waals surface area contributed by atoms with Crippen LogP contribution in [0.3, 0.4) is 0 Å². The third-order valence-electron chi connectivity index (χ3n) is 4.01. The summed E-state index contributed by atoms with van der Waals surface area (Å²) in [4.78, 5) is 23.3. The highest BCUT2D eigenvalue weighted by Gasteiger charge is 2.19. The highest BCUT2D eigenvalue weighted by Crippen LogP contribution is 2.17. The number of hydrogen-bond donors (Lipinski definition) is 4. The van der Waals surface area contributed by atoms with Crippen molar-refractivity contribution in [1.82, 2.24) is 10.6 Å². The molecule has 0 aliphatic heterocycles. The van der Waals surface area contributed by atoms with Gasteiger partial charge in [0.1, 0.15) is 6.04 Å². The second-order valence-corrected chi connectivity index (χ2v) is 6.38. The number of amides is 3. The van der Waals surface area contributed by atoms with E-state index >= 15 is 0 Å². The molecule has 6 N–H and O–H groups in total. The van der Waals surface area contributed by atoms with Crippen molar-refractivity contribution >= 4 is 11.9 Å². The lowest BCUT2D eigenvalue weighted by atomic mass is 9.99. The van der Waals surface area contributed by atoms with Crippen LogP contribution in [0.4, 0.5) is 4.79 Å². The first-order chi connectivity index (χ1) is 11.3. The van der Waals surface area contributed by atoms with Crippen LogP contribution in [-0.4, -0.2) is 24.5 Å². The maximum Gasteiger partial charge on any atom is 0.312 e. The van der Waals surface area contributed by atoms with Gasteiger partial charge in [-0.2, -0.15) is 0 Å². The predicted molar refractivity (Wildman–Crippen MR) is 96.5 cm³/mol. The highest BCUT2D eigenvalue weighted by molar-refractivity contribution is 5.86. The molecule has 24 heavy (non-hydrogen) atoms. The summed E-state index contributed by atoms with van der Waals surface area (Å²) < 4.78 is 0. The molecular weight excluding hydrogens is 304 g/mol. The molecule has 0 saturated heterocycles. The molecule has 0 heterocycles. The number of nitrogens with one attached hydrogen (secondary N) is 2. The average molecular weight is 334 g/mol. The van der Waals surface area contributed by atoms with Crippen LogP contribution < -0.4 is 22.1 Å². The van der Waals surface area contributed by atoms with Crippen LogP contribution in [0, 0.1) is 0 Å². The molecule has 6 nitrogen and oxygen atoms in total. The van der Waals surface area contributed by atoms with Crippen LogP contribution >= 0.6 is 0 Å². The molecule has 0 bridgehead atoms. The minimum Gasteiger partial charge on any atom is -0.352 e. The zero-order valence-electron chi connectivity index (χ0n) is 14.8. The van der Waals surface area contributed by atoms with E-state index in [1.54, 1.807) is 0 Å². The first-order valence-electron chi connectivity index (χ1n) is 8.54. The molecule has 0 saturated carbocycles. The van der Waals surface area contributed by atoms with Crippen molar-refractivity contribution in [2.24, 2.45) is 11.5 Å². The first-order valence-corrected chi connectivity index (χ1v) is 8.54. The summed E-state index contributed by atoms with van der Waals surface area (Å²) in [5, 5.41) is 5.28. The molecule has 1 rings (SSSR count). The summed E-state index contributed by atoms with van der Waals surface area (Å²) in [7, 11) is 0. The predicted octanol–water partition coefficient (Wildman–Crippen LogP) is 2.15. The molecule has 0 radical (unpaired) electrons. The lowest BCUT2D eigenvalue weighted by Gasteiger charge is -2.19. The van der Waals surface area contributed by atoms with Crippen LogP contribution in [-0.2, 0) is 4.79 Å². The van der Waals surface area contributed by atoms with Crippen molar-refractivity contribution in [3.05, 3.63) is 35.4 Å². The smallest absolute Gasteiger partial charge is 0.312 e. The Labute approximate surface area is 144 Å². The molecule has 0 spiro atoms. The maximum atomic E-state index is 12.2. The Morgan fingerprint density at radius 2 is 1.71 bits per heavy atom. The molecule has 3 amide bonds. The van der Waals surface area contributed by atoms with Crippen LogP contribution in [0.1, 0.15) is 63.1 Å². The Morgan fingerprint density at radius 3 is 2.21 bits per heavy atom. The van der Waals surface area contributed by atoms with Gasteiger partial charge in [0.2, 0.25) is 5.91 Å². The molecule has 0 aliphatic carbocycles. The third-order valence-corrected chi connectivity index (χ3v) is 4.01. The van der Waals surface area contributed by atoms with Crippen molar-refractivity contribution in [3.63, 3.8) is 0 Å². The molecule has 134 valence electrons. The van der Waals surface area contributed by atoms with E-state index < -0.39 is 12.1 Å². The second-order valence-electron chi connectivity index (χ2n) is 6.38. The SMILES string of the molecule is CCCCC(NC(N)=O)C(=O)NCC(N)c1ccc(C(C)C)cc1. The van der Waals surface area contributed by atoms with E-state index in [4.69, 9.17) is 11.5 Å². The number of urea groups is 1. The normalized spacial score (nSPS) is 13.4. The van der Waals surface area contributed by atoms with Crippen LogP contribution in [0.15, 0.2) is 24.3 Å². The van der Waals surface area contributed by atoms with Crippen molar-refractivity contribution in [2.45, 2.75) is 58.0 Å². The molecule has 2 unspecified atom stereocenters. The van der Waals surface area contributed by atoms with E-state index in [1.807, 2.05) is 19.1 Å². The molecule has 1 aromatic rings. The fraction of sp³-hybridized carbons (Fsp3) is 0.556. The second kappa shape index (κ2) is 9.93. The van der Waals surface area contributed by atoms with E-state index in [1.165, 1.54) is 5.56 Å². The van der Waals surface area contributed by atoms with Crippen molar-refractivity contribution in [3.8, 4) is 0 Å². The zero-order chi connectivity index (χ0) is 18.1. The fourth-order valence-corrected chi connectivity index (χ4v) is 2.43. The fourth-order valence-electron chi connectivity index (χ4n) is 2.43. The number of carbonyl (C=O) groups is 2. The van der Waals surface area contributed by atoms with Gasteiger partial charge in [0.05, 0.1) is 0 Å². The van der Waals surface area contributed by atoms with Crippen molar-refractivity contribution < 1.29 is 9.59 Å². The molecule has 6 heteroatoms. The monoisotopic (exact) mass is 334 g/mol. The van der Waals surface area contributed by atoms with Gasteiger partial charge in [0.15, 0.2) is 0 Å². The summed E-state index contributed by atoms with van der Waals surface area (Å²) in [6.07, 6.45) is 2.33. The van der Waals surface area contributed by atoms with Crippen LogP contribution in [0.5, 0.6) is 0 Å². The van der Waals surface area contributed by atoms with Crippen LogP contribution in [0.25, 0.3) is 0 Å². The van der Waals surface area contributed by atoms with Gasteiger partial charge < -0.3 is 22.1 Å². The van der Waals surface area contributed by atoms with E-state index in [0.29, 0.717) is 18.9 Å². The van der Waals surface area contributed by atoms with Crippen molar-refractivity contribution in [1.29, 1.82) is 0 Å². The Balaban J connectivity index is 2.58. The average Bonchev–Trinajstić information content (AvgIpc) is 2.55. The number of carbonyl (C=O) groups excluding carboxylic acids is 2. The quantitative estimate of drug-likeness (QED) is 0.555. The molecule has 2 atom stereocenters. The van der Waals surface area contributed by atoms with E-state index in [9.17, 15) is 9.59 Å². The van der Waals surface area contributed by atoms with Gasteiger partial charge >= 0.3 is 6.03 Å². The van der Waals surface area contributed by atoms with Gasteiger partial charge in [-0.1, -0.05) is 57.9 Å². The van der Waals surface area contributed by atoms with Gasteiger partial charge in [-0.15, -0.1) is 0 Å². The summed E-state index contributed by atoms with van der Waals surface area (Å²) in [5.41, 5.74) is 13.5. The standard InChI is InChI=1S/C18H30N4O2/c1-4-5-6-16(22-18(20)24)17(23)21-11-15(19)14-9-7-13(8-10-14)12(2)3/h7-10,12,15-16H,4-6,11,19H2,1-3H3,(H,21,23)(H3,20,22,24). The number of benzene rings is 1. The molecule has 1 aromatic carbocycles. The van der Waals surface area contributed by atoms with E-state index in [-0.39, 0.29) is 11.9 Å². The highest BCUT2D eigenvalue weighted by atomic mass is 16.2. The summed E-state index contributed by atoms with van der Waals surface area (Å²) in [5.74, 6) is 0.214. The summed E-state index contributed by atoms with van der Waals surface area (Å²) >= 11 is 0. The minimum absolute atomic E-state index is 0.253. The maximum absolute atomic E-state index is 12.2. The number of hydrogen-bond acceptors (Lipinski definition) is 3. The lowest BCUT2D eigenvalue weighted by molar-refractivity contribution is -0.123. The van der Waals surface area contributed by atoms with E-state index in [0.717, 1.165) is 18.4 Å². The Bertz CT molecular complexity index is 528. The first kappa shape index (κ1) is 20.0. The van der Waals surface area contributed by atoms with Crippen molar-refractivity contribution in [2.75, 3.05) is 6.54 Å². The lowest BCUT2D eigenvalue weighted by Crippen LogP contribution is -2.49. The Kier molecular flexibility index (Phi) is 8.26. The Morgan fingerprint density at radius 1 is 1.12 bits per heavy atom. The van der Waals surface area contributed by atoms with Gasteiger partial charge in [0, 0.05) is 12.6 Å². The number of unbranched alkanes of at least 4 members (excludes halogenated alkanes) is 1. The molecule has 0 fully saturated rings. The van der Waals surface area contributed by atoms with Gasteiger partial charge in [0.25, 0.3) is 0 Å². The van der Waals surface area contributed by atoms with Gasteiger partial charge in [-0.3, -0.25) is 4.79 Å². The zero-order valence-corrected chi connectivity index (χ0v) is 14.8. The minimum atomic E-state index is -0.695. The number of primary amides is 1. The largest absolute Gasteiger partial charge is 0.352 e.